The third kappa shape index (κ3) is 3.58. The van der Waals surface area contributed by atoms with Crippen molar-refractivity contribution in [2.24, 2.45) is 4.99 Å². The molecular formula is C42H27N3O. The molecule has 0 bridgehead atoms. The van der Waals surface area contributed by atoms with Crippen LogP contribution in [0.4, 0.5) is 0 Å². The molecule has 4 nitrogen and oxygen atoms in total. The number of rotatable bonds is 3. The molecule has 1 unspecified atom stereocenters. The van der Waals surface area contributed by atoms with Crippen molar-refractivity contribution in [2.45, 2.75) is 6.17 Å². The van der Waals surface area contributed by atoms with E-state index in [2.05, 4.69) is 143 Å². The number of aliphatic imine (C=N–C) groups is 1. The minimum absolute atomic E-state index is 0.273. The highest BCUT2D eigenvalue weighted by atomic mass is 16.3. The molecule has 1 aliphatic rings. The van der Waals surface area contributed by atoms with Gasteiger partial charge in [0.25, 0.3) is 0 Å². The molecule has 1 atom stereocenters. The summed E-state index contributed by atoms with van der Waals surface area (Å²) >= 11 is 0. The summed E-state index contributed by atoms with van der Waals surface area (Å²) < 4.78 is 9.26. The molecule has 0 amide bonds. The van der Waals surface area contributed by atoms with Crippen LogP contribution in [0.3, 0.4) is 0 Å². The number of allylic oxidation sites excluding steroid dienone is 1. The molecule has 0 aliphatic carbocycles. The number of para-hydroxylation sites is 1. The predicted octanol–water partition coefficient (Wildman–Crippen LogP) is 10.6. The lowest BCUT2D eigenvalue weighted by Gasteiger charge is -2.26. The van der Waals surface area contributed by atoms with E-state index in [0.29, 0.717) is 0 Å². The maximum atomic E-state index is 6.86. The summed E-state index contributed by atoms with van der Waals surface area (Å²) in [6, 6.07) is 51.3. The summed E-state index contributed by atoms with van der Waals surface area (Å²) in [5.74, 6) is 0.955. The van der Waals surface area contributed by atoms with Crippen molar-refractivity contribution < 1.29 is 4.42 Å². The maximum absolute atomic E-state index is 6.86. The van der Waals surface area contributed by atoms with Crippen LogP contribution in [0.5, 0.6) is 0 Å². The summed E-state index contributed by atoms with van der Waals surface area (Å²) in [5, 5.41) is 13.3. The fourth-order valence-corrected chi connectivity index (χ4v) is 7.39. The van der Waals surface area contributed by atoms with Crippen LogP contribution in [-0.4, -0.2) is 10.3 Å². The SMILES string of the molecule is C1=C(n2c3c4ccccc4ccc3c3c4ccccc4c4c5ccccc5oc4c32)NC(c2ccccc2)N=C1c1ccccc1. The van der Waals surface area contributed by atoms with Gasteiger partial charge in [-0.25, -0.2) is 0 Å². The number of hydrogen-bond acceptors (Lipinski definition) is 3. The van der Waals surface area contributed by atoms with E-state index in [0.717, 1.165) is 55.6 Å². The molecule has 0 spiro atoms. The van der Waals surface area contributed by atoms with Crippen LogP contribution in [-0.2, 0) is 0 Å². The van der Waals surface area contributed by atoms with Gasteiger partial charge in [0, 0.05) is 33.0 Å². The van der Waals surface area contributed by atoms with Crippen molar-refractivity contribution >= 4 is 76.8 Å². The molecule has 0 saturated heterocycles. The Labute approximate surface area is 264 Å². The quantitative estimate of drug-likeness (QED) is 0.223. The van der Waals surface area contributed by atoms with Gasteiger partial charge in [-0.1, -0.05) is 140 Å². The minimum atomic E-state index is -0.273. The van der Waals surface area contributed by atoms with Crippen LogP contribution >= 0.6 is 0 Å². The lowest BCUT2D eigenvalue weighted by atomic mass is 9.98. The molecule has 1 N–H and O–H groups in total. The molecule has 0 radical (unpaired) electrons. The first kappa shape index (κ1) is 25.2. The Morgan fingerprint density at radius 3 is 2.00 bits per heavy atom. The monoisotopic (exact) mass is 589 g/mol. The smallest absolute Gasteiger partial charge is 0.160 e. The summed E-state index contributed by atoms with van der Waals surface area (Å²) in [4.78, 5) is 5.24. The number of fused-ring (bicyclic) bond motifs is 12. The lowest BCUT2D eigenvalue weighted by molar-refractivity contribution is 0.644. The average molecular weight is 590 g/mol. The van der Waals surface area contributed by atoms with Crippen molar-refractivity contribution in [3.8, 4) is 0 Å². The van der Waals surface area contributed by atoms with Gasteiger partial charge in [-0.3, -0.25) is 9.56 Å². The first-order chi connectivity index (χ1) is 22.8. The minimum Gasteiger partial charge on any atom is -0.454 e. The molecule has 0 fully saturated rings. The molecule has 1 aliphatic heterocycles. The van der Waals surface area contributed by atoms with E-state index >= 15 is 0 Å². The van der Waals surface area contributed by atoms with Crippen LogP contribution in [0.15, 0.2) is 161 Å². The van der Waals surface area contributed by atoms with Crippen molar-refractivity contribution in [3.05, 3.63) is 163 Å². The topological polar surface area (TPSA) is 42.5 Å². The molecule has 2 aromatic heterocycles. The number of furan rings is 1. The average Bonchev–Trinajstić information content (AvgIpc) is 3.70. The molecule has 3 heterocycles. The normalized spacial score (nSPS) is 15.2. The Morgan fingerprint density at radius 2 is 1.20 bits per heavy atom. The first-order valence-electron chi connectivity index (χ1n) is 15.7. The highest BCUT2D eigenvalue weighted by Gasteiger charge is 2.27. The predicted molar refractivity (Wildman–Crippen MR) is 191 cm³/mol. The van der Waals surface area contributed by atoms with E-state index in [-0.39, 0.29) is 6.17 Å². The third-order valence-electron chi connectivity index (χ3n) is 9.38. The summed E-state index contributed by atoms with van der Waals surface area (Å²) in [6.07, 6.45) is 1.92. The third-order valence-corrected chi connectivity index (χ3v) is 9.38. The summed E-state index contributed by atoms with van der Waals surface area (Å²) in [5.41, 5.74) is 7.08. The van der Waals surface area contributed by atoms with Crippen LogP contribution in [0.2, 0.25) is 0 Å². The second kappa shape index (κ2) is 9.68. The molecule has 216 valence electrons. The van der Waals surface area contributed by atoms with Crippen molar-refractivity contribution in [1.82, 2.24) is 9.88 Å². The largest absolute Gasteiger partial charge is 0.454 e. The van der Waals surface area contributed by atoms with E-state index in [1.54, 1.807) is 0 Å². The molecular weight excluding hydrogens is 562 g/mol. The molecule has 10 rings (SSSR count). The van der Waals surface area contributed by atoms with Gasteiger partial charge in [0.15, 0.2) is 5.58 Å². The van der Waals surface area contributed by atoms with E-state index in [1.807, 2.05) is 18.2 Å². The van der Waals surface area contributed by atoms with Crippen molar-refractivity contribution in [3.63, 3.8) is 0 Å². The number of benzene rings is 7. The van der Waals surface area contributed by atoms with Gasteiger partial charge in [-0.15, -0.1) is 0 Å². The zero-order chi connectivity index (χ0) is 30.2. The van der Waals surface area contributed by atoms with Gasteiger partial charge in [-0.2, -0.15) is 0 Å². The van der Waals surface area contributed by atoms with Crippen LogP contribution < -0.4 is 5.32 Å². The van der Waals surface area contributed by atoms with E-state index in [1.165, 1.54) is 32.3 Å². The van der Waals surface area contributed by atoms with Crippen LogP contribution in [0.1, 0.15) is 17.3 Å². The van der Waals surface area contributed by atoms with Crippen molar-refractivity contribution in [1.29, 1.82) is 0 Å². The standard InChI is InChI=1S/C42H27N3O/c1-3-14-27(15-4-1)34-25-36(44-42(43-34)28-16-5-2-6-17-28)45-39-29-18-8-7-13-26(29)23-24-33(39)37-30-19-9-10-20-31(30)38-32-21-11-12-22-35(32)46-41(38)40(37)45/h1-25,42,44H. The lowest BCUT2D eigenvalue weighted by Crippen LogP contribution is -2.27. The maximum Gasteiger partial charge on any atom is 0.160 e. The molecule has 4 heteroatoms. The van der Waals surface area contributed by atoms with E-state index in [9.17, 15) is 0 Å². The van der Waals surface area contributed by atoms with Gasteiger partial charge in [-0.05, 0) is 33.4 Å². The summed E-state index contributed by atoms with van der Waals surface area (Å²) in [7, 11) is 0. The molecule has 0 saturated carbocycles. The van der Waals surface area contributed by atoms with E-state index < -0.39 is 0 Å². The Hall–Kier alpha value is -6.13. The number of aromatic nitrogens is 1. The Kier molecular flexibility index (Phi) is 5.31. The highest BCUT2D eigenvalue weighted by molar-refractivity contribution is 6.37. The second-order valence-electron chi connectivity index (χ2n) is 12.0. The van der Waals surface area contributed by atoms with Crippen LogP contribution in [0.25, 0.3) is 71.1 Å². The second-order valence-corrected chi connectivity index (χ2v) is 12.0. The van der Waals surface area contributed by atoms with Gasteiger partial charge in [0.05, 0.1) is 16.7 Å². The zero-order valence-corrected chi connectivity index (χ0v) is 24.8. The van der Waals surface area contributed by atoms with Gasteiger partial charge < -0.3 is 9.73 Å². The zero-order valence-electron chi connectivity index (χ0n) is 24.8. The van der Waals surface area contributed by atoms with Gasteiger partial charge in [0.2, 0.25) is 0 Å². The molecule has 7 aromatic carbocycles. The number of hydrogen-bond donors (Lipinski definition) is 1. The molecule has 46 heavy (non-hydrogen) atoms. The highest BCUT2D eigenvalue weighted by Crippen LogP contribution is 2.47. The Balaban J connectivity index is 1.41. The van der Waals surface area contributed by atoms with Gasteiger partial charge >= 0.3 is 0 Å². The number of nitrogens with one attached hydrogen (secondary N) is 1. The number of nitrogens with zero attached hydrogens (tertiary/aromatic N) is 2. The van der Waals surface area contributed by atoms with E-state index in [4.69, 9.17) is 9.41 Å². The Bertz CT molecular complexity index is 2710. The summed E-state index contributed by atoms with van der Waals surface area (Å²) in [6.45, 7) is 0. The fourth-order valence-electron chi connectivity index (χ4n) is 7.39. The van der Waals surface area contributed by atoms with Crippen molar-refractivity contribution in [2.75, 3.05) is 0 Å². The molecule has 9 aromatic rings. The Morgan fingerprint density at radius 1 is 0.543 bits per heavy atom. The van der Waals surface area contributed by atoms with Gasteiger partial charge in [0.1, 0.15) is 17.6 Å². The fraction of sp³-hybridized carbons (Fsp3) is 0.0238. The van der Waals surface area contributed by atoms with Crippen LogP contribution in [0, 0.1) is 0 Å². The first-order valence-corrected chi connectivity index (χ1v) is 15.7.